The summed E-state index contributed by atoms with van der Waals surface area (Å²) in [7, 11) is -2.39. The molecule has 2 aromatic carbocycles. The SMILES string of the molecule is CN(Cc1ncc(C(=O)O)c(NCc2ccccc2)n1)S(=O)(=O)c1ccc(Cl)cc1. The summed E-state index contributed by atoms with van der Waals surface area (Å²) in [6.45, 7) is 0.224. The van der Waals surface area contributed by atoms with Crippen LogP contribution in [0.2, 0.25) is 5.02 Å². The number of carbonyl (C=O) groups is 1. The number of halogens is 1. The van der Waals surface area contributed by atoms with Crippen LogP contribution in [-0.4, -0.2) is 40.8 Å². The summed E-state index contributed by atoms with van der Waals surface area (Å²) < 4.78 is 26.6. The van der Waals surface area contributed by atoms with Gasteiger partial charge in [-0.05, 0) is 29.8 Å². The van der Waals surface area contributed by atoms with Crippen LogP contribution in [0.25, 0.3) is 0 Å². The minimum Gasteiger partial charge on any atom is -0.477 e. The van der Waals surface area contributed by atoms with E-state index in [0.717, 1.165) is 9.87 Å². The predicted octanol–water partition coefficient (Wildman–Crippen LogP) is 3.26. The van der Waals surface area contributed by atoms with Crippen molar-refractivity contribution in [1.82, 2.24) is 14.3 Å². The molecule has 0 saturated heterocycles. The first-order chi connectivity index (χ1) is 14.3. The molecule has 1 heterocycles. The molecule has 0 bridgehead atoms. The molecule has 0 aliphatic rings. The highest BCUT2D eigenvalue weighted by atomic mass is 35.5. The van der Waals surface area contributed by atoms with Crippen LogP contribution in [0.15, 0.2) is 65.7 Å². The average Bonchev–Trinajstić information content (AvgIpc) is 2.73. The summed E-state index contributed by atoms with van der Waals surface area (Å²) >= 11 is 5.82. The molecule has 3 aromatic rings. The standard InChI is InChI=1S/C20H19ClN4O4S/c1-25(30(28,29)16-9-7-15(21)8-10-16)13-18-22-12-17(20(26)27)19(24-18)23-11-14-5-3-2-4-6-14/h2-10,12H,11,13H2,1H3,(H,26,27)(H,22,23,24). The minimum absolute atomic E-state index is 0.0824. The highest BCUT2D eigenvalue weighted by molar-refractivity contribution is 7.89. The summed E-state index contributed by atoms with van der Waals surface area (Å²) in [5, 5.41) is 12.8. The van der Waals surface area contributed by atoms with Gasteiger partial charge >= 0.3 is 5.97 Å². The van der Waals surface area contributed by atoms with E-state index in [-0.39, 0.29) is 28.6 Å². The Morgan fingerprint density at radius 1 is 1.13 bits per heavy atom. The molecular weight excluding hydrogens is 428 g/mol. The number of nitrogens with zero attached hydrogens (tertiary/aromatic N) is 3. The lowest BCUT2D eigenvalue weighted by Gasteiger charge is -2.17. The maximum atomic E-state index is 12.7. The van der Waals surface area contributed by atoms with Crippen molar-refractivity contribution in [2.24, 2.45) is 0 Å². The first-order valence-electron chi connectivity index (χ1n) is 8.86. The van der Waals surface area contributed by atoms with Gasteiger partial charge in [0.2, 0.25) is 10.0 Å². The number of rotatable bonds is 8. The molecule has 0 aliphatic heterocycles. The van der Waals surface area contributed by atoms with Crippen molar-refractivity contribution in [2.45, 2.75) is 18.0 Å². The van der Waals surface area contributed by atoms with Crippen LogP contribution in [0, 0.1) is 0 Å². The Morgan fingerprint density at radius 3 is 2.43 bits per heavy atom. The van der Waals surface area contributed by atoms with Crippen molar-refractivity contribution in [3.63, 3.8) is 0 Å². The third-order valence-corrected chi connectivity index (χ3v) is 6.33. The first kappa shape index (κ1) is 21.7. The molecule has 0 atom stereocenters. The van der Waals surface area contributed by atoms with Crippen molar-refractivity contribution < 1.29 is 18.3 Å². The number of aromatic carboxylic acids is 1. The summed E-state index contributed by atoms with van der Waals surface area (Å²) in [5.41, 5.74) is 0.842. The molecule has 0 amide bonds. The zero-order chi connectivity index (χ0) is 21.7. The van der Waals surface area contributed by atoms with E-state index in [4.69, 9.17) is 11.6 Å². The number of carboxylic acids is 1. The van der Waals surface area contributed by atoms with Crippen molar-refractivity contribution >= 4 is 33.4 Å². The van der Waals surface area contributed by atoms with E-state index in [2.05, 4.69) is 15.3 Å². The van der Waals surface area contributed by atoms with Gasteiger partial charge in [0.25, 0.3) is 0 Å². The van der Waals surface area contributed by atoms with Crippen LogP contribution in [0.5, 0.6) is 0 Å². The lowest BCUT2D eigenvalue weighted by molar-refractivity contribution is 0.0697. The van der Waals surface area contributed by atoms with Gasteiger partial charge in [-0.25, -0.2) is 23.2 Å². The van der Waals surface area contributed by atoms with E-state index in [1.165, 1.54) is 37.5 Å². The molecule has 2 N–H and O–H groups in total. The quantitative estimate of drug-likeness (QED) is 0.546. The van der Waals surface area contributed by atoms with Crippen LogP contribution >= 0.6 is 11.6 Å². The second kappa shape index (κ2) is 9.21. The molecule has 156 valence electrons. The fourth-order valence-electron chi connectivity index (χ4n) is 2.64. The fraction of sp³-hybridized carbons (Fsp3) is 0.150. The summed E-state index contributed by atoms with van der Waals surface area (Å²) in [6.07, 6.45) is 1.17. The normalized spacial score (nSPS) is 11.4. The Hall–Kier alpha value is -3.01. The first-order valence-corrected chi connectivity index (χ1v) is 10.7. The zero-order valence-electron chi connectivity index (χ0n) is 16.0. The molecule has 8 nitrogen and oxygen atoms in total. The van der Waals surface area contributed by atoms with Crippen molar-refractivity contribution in [2.75, 3.05) is 12.4 Å². The maximum absolute atomic E-state index is 12.7. The number of hydrogen-bond acceptors (Lipinski definition) is 6. The summed E-state index contributed by atoms with van der Waals surface area (Å²) in [6, 6.07) is 15.2. The van der Waals surface area contributed by atoms with Gasteiger partial charge in [0.1, 0.15) is 17.2 Å². The smallest absolute Gasteiger partial charge is 0.341 e. The van der Waals surface area contributed by atoms with Gasteiger partial charge in [0.05, 0.1) is 11.4 Å². The van der Waals surface area contributed by atoms with E-state index in [1.54, 1.807) is 0 Å². The number of anilines is 1. The third kappa shape index (κ3) is 5.12. The lowest BCUT2D eigenvalue weighted by atomic mass is 10.2. The number of benzene rings is 2. The highest BCUT2D eigenvalue weighted by Gasteiger charge is 2.23. The molecule has 0 saturated carbocycles. The average molecular weight is 447 g/mol. The van der Waals surface area contributed by atoms with E-state index in [9.17, 15) is 18.3 Å². The number of carboxylic acid groups (broad SMARTS) is 1. The van der Waals surface area contributed by atoms with Gasteiger partial charge in [0.15, 0.2) is 0 Å². The van der Waals surface area contributed by atoms with Crippen molar-refractivity contribution in [1.29, 1.82) is 0 Å². The Balaban J connectivity index is 1.81. The molecule has 0 fully saturated rings. The molecule has 0 radical (unpaired) electrons. The molecule has 1 aromatic heterocycles. The number of sulfonamides is 1. The number of aromatic nitrogens is 2. The Morgan fingerprint density at radius 2 is 1.80 bits per heavy atom. The fourth-order valence-corrected chi connectivity index (χ4v) is 3.89. The van der Waals surface area contributed by atoms with E-state index in [0.29, 0.717) is 11.6 Å². The van der Waals surface area contributed by atoms with Crippen LogP contribution in [0.3, 0.4) is 0 Å². The molecule has 0 aliphatic carbocycles. The van der Waals surface area contributed by atoms with Crippen molar-refractivity contribution in [3.8, 4) is 0 Å². The van der Waals surface area contributed by atoms with Crippen LogP contribution < -0.4 is 5.32 Å². The number of nitrogens with one attached hydrogen (secondary N) is 1. The summed E-state index contributed by atoms with van der Waals surface area (Å²) in [5.74, 6) is -0.900. The maximum Gasteiger partial charge on any atom is 0.341 e. The molecule has 0 spiro atoms. The predicted molar refractivity (Wildman–Crippen MR) is 113 cm³/mol. The Kier molecular flexibility index (Phi) is 6.66. The van der Waals surface area contributed by atoms with Crippen LogP contribution in [0.4, 0.5) is 5.82 Å². The molecule has 30 heavy (non-hydrogen) atoms. The second-order valence-corrected chi connectivity index (χ2v) is 8.89. The summed E-state index contributed by atoms with van der Waals surface area (Å²) in [4.78, 5) is 19.8. The molecule has 3 rings (SSSR count). The van der Waals surface area contributed by atoms with Gasteiger partial charge in [0, 0.05) is 24.8 Å². The largest absolute Gasteiger partial charge is 0.477 e. The third-order valence-electron chi connectivity index (χ3n) is 4.26. The van der Waals surface area contributed by atoms with Gasteiger partial charge in [-0.3, -0.25) is 0 Å². The van der Waals surface area contributed by atoms with Crippen LogP contribution in [-0.2, 0) is 23.1 Å². The van der Waals surface area contributed by atoms with Gasteiger partial charge in [-0.1, -0.05) is 41.9 Å². The zero-order valence-corrected chi connectivity index (χ0v) is 17.6. The molecular formula is C20H19ClN4O4S. The lowest BCUT2D eigenvalue weighted by Crippen LogP contribution is -2.27. The van der Waals surface area contributed by atoms with Gasteiger partial charge in [-0.2, -0.15) is 4.31 Å². The van der Waals surface area contributed by atoms with E-state index < -0.39 is 16.0 Å². The highest BCUT2D eigenvalue weighted by Crippen LogP contribution is 2.20. The minimum atomic E-state index is -3.79. The monoisotopic (exact) mass is 446 g/mol. The topological polar surface area (TPSA) is 112 Å². The van der Waals surface area contributed by atoms with E-state index >= 15 is 0 Å². The second-order valence-electron chi connectivity index (χ2n) is 6.41. The van der Waals surface area contributed by atoms with E-state index in [1.807, 2.05) is 30.3 Å². The number of hydrogen-bond donors (Lipinski definition) is 2. The van der Waals surface area contributed by atoms with Gasteiger partial charge in [-0.15, -0.1) is 0 Å². The van der Waals surface area contributed by atoms with Crippen molar-refractivity contribution in [3.05, 3.63) is 82.8 Å². The van der Waals surface area contributed by atoms with Crippen LogP contribution in [0.1, 0.15) is 21.7 Å². The van der Waals surface area contributed by atoms with Gasteiger partial charge < -0.3 is 10.4 Å². The molecule has 10 heteroatoms. The molecule has 0 unspecified atom stereocenters. The Bertz CT molecular complexity index is 1140. The Labute approximate surface area is 179 Å².